The monoisotopic (exact) mass is 399 g/mol. The second-order valence-corrected chi connectivity index (χ2v) is 8.04. The minimum atomic E-state index is -0.103. The molecular weight excluding hydrogens is 374 g/mol. The number of pyridine rings is 1. The number of benzene rings is 2. The van der Waals surface area contributed by atoms with Crippen LogP contribution in [-0.4, -0.2) is 28.7 Å². The molecule has 0 radical (unpaired) electrons. The molecular formula is C25H25N3O2. The Kier molecular flexibility index (Phi) is 4.46. The third kappa shape index (κ3) is 2.76. The Morgan fingerprint density at radius 2 is 1.50 bits per heavy atom. The molecule has 2 heterocycles. The van der Waals surface area contributed by atoms with Crippen molar-refractivity contribution in [1.82, 2.24) is 9.58 Å². The van der Waals surface area contributed by atoms with Gasteiger partial charge in [0.15, 0.2) is 5.43 Å². The van der Waals surface area contributed by atoms with Crippen LogP contribution < -0.4 is 10.4 Å². The summed E-state index contributed by atoms with van der Waals surface area (Å²) in [6, 6.07) is 18.7. The highest BCUT2D eigenvalue weighted by atomic mass is 16.2. The molecule has 0 atom stereocenters. The van der Waals surface area contributed by atoms with Crippen LogP contribution in [0.15, 0.2) is 65.6 Å². The van der Waals surface area contributed by atoms with Gasteiger partial charge in [0, 0.05) is 24.4 Å². The summed E-state index contributed by atoms with van der Waals surface area (Å²) in [5.41, 5.74) is 6.05. The number of aryl methyl sites for hydroxylation is 2. The molecule has 0 saturated heterocycles. The number of hydrogen-bond donors (Lipinski definition) is 0. The first kappa shape index (κ1) is 18.7. The van der Waals surface area contributed by atoms with Crippen molar-refractivity contribution < 1.29 is 4.79 Å². The van der Waals surface area contributed by atoms with Crippen molar-refractivity contribution >= 4 is 5.91 Å². The zero-order chi connectivity index (χ0) is 20.8. The van der Waals surface area contributed by atoms with Crippen molar-refractivity contribution in [2.45, 2.75) is 32.7 Å². The quantitative estimate of drug-likeness (QED) is 0.663. The Balaban J connectivity index is 1.78. The number of nitrogens with zero attached hydrogens (tertiary/aromatic N) is 3. The van der Waals surface area contributed by atoms with Gasteiger partial charge in [-0.2, -0.15) is 0 Å². The van der Waals surface area contributed by atoms with Gasteiger partial charge in [0.1, 0.15) is 12.4 Å². The summed E-state index contributed by atoms with van der Waals surface area (Å²) in [5, 5.41) is 2.23. The molecule has 30 heavy (non-hydrogen) atoms. The van der Waals surface area contributed by atoms with Gasteiger partial charge in [0.25, 0.3) is 5.91 Å². The molecule has 0 fully saturated rings. The average Bonchev–Trinajstić information content (AvgIpc) is 2.93. The second-order valence-electron chi connectivity index (χ2n) is 8.04. The number of hydrogen-bond acceptors (Lipinski definition) is 3. The van der Waals surface area contributed by atoms with Crippen LogP contribution in [0.5, 0.6) is 0 Å². The summed E-state index contributed by atoms with van der Waals surface area (Å²) in [4.78, 5) is 27.3. The molecule has 5 heteroatoms. The molecule has 2 aromatic carbocycles. The Labute approximate surface area is 176 Å². The Bertz CT molecular complexity index is 1150. The maximum atomic E-state index is 13.1. The fraction of sp³-hybridized carbons (Fsp3) is 0.280. The molecule has 1 aliphatic carbocycles. The van der Waals surface area contributed by atoms with Crippen LogP contribution in [0.2, 0.25) is 0 Å². The zero-order valence-corrected chi connectivity index (χ0v) is 17.3. The number of carbonyl (C=O) groups excluding carboxylic acids is 1. The van der Waals surface area contributed by atoms with E-state index in [1.165, 1.54) is 22.3 Å². The Morgan fingerprint density at radius 3 is 2.10 bits per heavy atom. The summed E-state index contributed by atoms with van der Waals surface area (Å²) in [5.74, 6) is -0.0841. The standard InChI is InChI=1S/C25H25N3O2/c1-3-26-16-28(27-15-14-22(29)17(2)23(27)25(26)30)24-20-10-6-4-8-18(20)12-13-19-9-5-7-11-21(19)24/h4-11,14-15,24H,3,12-13,16H2,1-2H3. The third-order valence-corrected chi connectivity index (χ3v) is 6.45. The van der Waals surface area contributed by atoms with E-state index in [-0.39, 0.29) is 17.4 Å². The molecule has 3 aromatic rings. The molecule has 1 aliphatic heterocycles. The van der Waals surface area contributed by atoms with E-state index in [2.05, 4.69) is 53.5 Å². The van der Waals surface area contributed by atoms with Crippen molar-refractivity contribution in [1.29, 1.82) is 0 Å². The lowest BCUT2D eigenvalue weighted by Gasteiger charge is -2.44. The van der Waals surface area contributed by atoms with Gasteiger partial charge in [0.05, 0.1) is 6.04 Å². The molecule has 152 valence electrons. The predicted molar refractivity (Wildman–Crippen MR) is 117 cm³/mol. The maximum Gasteiger partial charge on any atom is 0.274 e. The van der Waals surface area contributed by atoms with E-state index in [1.807, 2.05) is 16.5 Å². The molecule has 5 nitrogen and oxygen atoms in total. The summed E-state index contributed by atoms with van der Waals surface area (Å²) in [6.45, 7) is 4.79. The van der Waals surface area contributed by atoms with E-state index in [9.17, 15) is 9.59 Å². The van der Waals surface area contributed by atoms with E-state index in [1.54, 1.807) is 19.2 Å². The lowest BCUT2D eigenvalue weighted by molar-refractivity contribution is 0.0694. The van der Waals surface area contributed by atoms with Crippen LogP contribution in [0.4, 0.5) is 0 Å². The Morgan fingerprint density at radius 1 is 0.900 bits per heavy atom. The number of rotatable bonds is 2. The number of carbonyl (C=O) groups is 1. The first-order chi connectivity index (χ1) is 14.6. The summed E-state index contributed by atoms with van der Waals surface area (Å²) in [6.07, 6.45) is 3.74. The summed E-state index contributed by atoms with van der Waals surface area (Å²) in [7, 11) is 0. The zero-order valence-electron chi connectivity index (χ0n) is 17.3. The van der Waals surface area contributed by atoms with Gasteiger partial charge in [-0.1, -0.05) is 48.5 Å². The lowest BCUT2D eigenvalue weighted by atomic mass is 9.94. The van der Waals surface area contributed by atoms with E-state index >= 15 is 0 Å². The normalized spacial score (nSPS) is 16.0. The van der Waals surface area contributed by atoms with Crippen LogP contribution >= 0.6 is 0 Å². The minimum Gasteiger partial charge on any atom is -0.318 e. The molecule has 2 aliphatic rings. The van der Waals surface area contributed by atoms with Crippen LogP contribution in [0, 0.1) is 6.92 Å². The van der Waals surface area contributed by atoms with Crippen LogP contribution in [0.25, 0.3) is 0 Å². The summed E-state index contributed by atoms with van der Waals surface area (Å²) >= 11 is 0. The minimum absolute atomic E-state index is 0.0392. The number of fused-ring (bicyclic) bond motifs is 3. The van der Waals surface area contributed by atoms with E-state index in [0.29, 0.717) is 24.5 Å². The number of amides is 1. The van der Waals surface area contributed by atoms with Gasteiger partial charge in [-0.15, -0.1) is 0 Å². The van der Waals surface area contributed by atoms with Gasteiger partial charge in [0.2, 0.25) is 0 Å². The van der Waals surface area contributed by atoms with Crippen molar-refractivity contribution in [3.63, 3.8) is 0 Å². The van der Waals surface area contributed by atoms with Crippen LogP contribution in [0.1, 0.15) is 51.3 Å². The third-order valence-electron chi connectivity index (χ3n) is 6.45. The molecule has 1 aromatic heterocycles. The van der Waals surface area contributed by atoms with Crippen molar-refractivity contribution in [3.05, 3.63) is 105 Å². The summed E-state index contributed by atoms with van der Waals surface area (Å²) < 4.78 is 1.91. The van der Waals surface area contributed by atoms with Crippen molar-refractivity contribution in [2.24, 2.45) is 0 Å². The first-order valence-electron chi connectivity index (χ1n) is 10.5. The molecule has 0 spiro atoms. The average molecular weight is 399 g/mol. The predicted octanol–water partition coefficient (Wildman–Crippen LogP) is 3.42. The second kappa shape index (κ2) is 7.17. The molecule has 0 unspecified atom stereocenters. The number of aromatic nitrogens is 1. The van der Waals surface area contributed by atoms with Gasteiger partial charge < -0.3 is 4.90 Å². The largest absolute Gasteiger partial charge is 0.318 e. The van der Waals surface area contributed by atoms with Crippen LogP contribution in [-0.2, 0) is 12.8 Å². The fourth-order valence-corrected chi connectivity index (χ4v) is 4.82. The van der Waals surface area contributed by atoms with Crippen molar-refractivity contribution in [2.75, 3.05) is 18.2 Å². The van der Waals surface area contributed by atoms with Gasteiger partial charge in [-0.3, -0.25) is 19.3 Å². The lowest BCUT2D eigenvalue weighted by Crippen LogP contribution is -2.56. The van der Waals surface area contributed by atoms with Gasteiger partial charge in [-0.25, -0.2) is 0 Å². The molecule has 0 saturated carbocycles. The topological polar surface area (TPSA) is 45.5 Å². The fourth-order valence-electron chi connectivity index (χ4n) is 4.82. The SMILES string of the molecule is CCN1CN(C2c3ccccc3CCc3ccccc32)n2ccc(=O)c(C)c2C1=O. The van der Waals surface area contributed by atoms with E-state index in [4.69, 9.17) is 0 Å². The highest BCUT2D eigenvalue weighted by Gasteiger charge is 2.36. The highest BCUT2D eigenvalue weighted by Crippen LogP contribution is 2.37. The van der Waals surface area contributed by atoms with Crippen molar-refractivity contribution in [3.8, 4) is 0 Å². The van der Waals surface area contributed by atoms with Crippen LogP contribution in [0.3, 0.4) is 0 Å². The van der Waals surface area contributed by atoms with Gasteiger partial charge in [-0.05, 0) is 48.9 Å². The molecule has 0 bridgehead atoms. The van der Waals surface area contributed by atoms with E-state index in [0.717, 1.165) is 12.8 Å². The van der Waals surface area contributed by atoms with E-state index < -0.39 is 0 Å². The molecule has 1 amide bonds. The molecule has 5 rings (SSSR count). The Hall–Kier alpha value is -3.34. The molecule has 0 N–H and O–H groups in total. The highest BCUT2D eigenvalue weighted by molar-refractivity contribution is 5.95. The smallest absolute Gasteiger partial charge is 0.274 e. The van der Waals surface area contributed by atoms with Gasteiger partial charge >= 0.3 is 0 Å². The maximum absolute atomic E-state index is 13.1. The first-order valence-corrected chi connectivity index (χ1v) is 10.5.